The Morgan fingerprint density at radius 3 is 2.63 bits per heavy atom. The Morgan fingerprint density at radius 2 is 2.05 bits per heavy atom. The molecule has 0 aliphatic rings. The quantitative estimate of drug-likeness (QED) is 0.381. The molecule has 0 unspecified atom stereocenters. The van der Waals surface area contributed by atoms with Crippen LogP contribution in [0.3, 0.4) is 0 Å². The minimum absolute atomic E-state index is 0.386. The molecular formula is C12H11N5OS. The third kappa shape index (κ3) is 3.34. The number of nitrogens with two attached hydrogens (primary N) is 1. The first-order valence-electron chi connectivity index (χ1n) is 5.33. The summed E-state index contributed by atoms with van der Waals surface area (Å²) in [5.41, 5.74) is 3.03. The van der Waals surface area contributed by atoms with Crippen molar-refractivity contribution in [3.63, 3.8) is 0 Å². The van der Waals surface area contributed by atoms with Crippen molar-refractivity contribution >= 4 is 17.6 Å². The Hall–Kier alpha value is -2.30. The number of hydrogen-bond acceptors (Lipinski definition) is 7. The van der Waals surface area contributed by atoms with Gasteiger partial charge in [0.05, 0.1) is 11.6 Å². The number of anilines is 1. The van der Waals surface area contributed by atoms with Gasteiger partial charge in [-0.05, 0) is 30.5 Å². The number of nitriles is 1. The number of hydrazine groups is 1. The zero-order chi connectivity index (χ0) is 13.7. The predicted octanol–water partition coefficient (Wildman–Crippen LogP) is 2.15. The fourth-order valence-corrected chi connectivity index (χ4v) is 1.71. The topological polar surface area (TPSA) is 96.9 Å². The van der Waals surface area contributed by atoms with Crippen LogP contribution in [-0.2, 0) is 0 Å². The van der Waals surface area contributed by atoms with Crippen LogP contribution >= 0.6 is 11.8 Å². The van der Waals surface area contributed by atoms with Gasteiger partial charge in [-0.15, -0.1) is 0 Å². The molecule has 0 radical (unpaired) electrons. The Balaban J connectivity index is 2.24. The van der Waals surface area contributed by atoms with Crippen LogP contribution in [0.1, 0.15) is 5.56 Å². The molecular weight excluding hydrogens is 262 g/mol. The normalized spacial score (nSPS) is 9.74. The monoisotopic (exact) mass is 273 g/mol. The first-order valence-corrected chi connectivity index (χ1v) is 6.55. The number of nitrogens with zero attached hydrogens (tertiary/aromatic N) is 3. The summed E-state index contributed by atoms with van der Waals surface area (Å²) in [6, 6.07) is 10.4. The molecule has 0 bridgehead atoms. The highest BCUT2D eigenvalue weighted by Gasteiger charge is 2.05. The number of aromatic nitrogens is 2. The van der Waals surface area contributed by atoms with Gasteiger partial charge >= 0.3 is 0 Å². The van der Waals surface area contributed by atoms with Crippen molar-refractivity contribution in [3.05, 3.63) is 35.9 Å². The highest BCUT2D eigenvalue weighted by Crippen LogP contribution is 2.23. The minimum Gasteiger partial charge on any atom is -0.439 e. The van der Waals surface area contributed by atoms with E-state index in [4.69, 9.17) is 15.8 Å². The van der Waals surface area contributed by atoms with Gasteiger partial charge in [0.1, 0.15) is 11.6 Å². The number of ether oxygens (including phenoxy) is 1. The maximum atomic E-state index is 8.72. The number of benzene rings is 1. The first kappa shape index (κ1) is 13.1. The van der Waals surface area contributed by atoms with E-state index in [-0.39, 0.29) is 0 Å². The Morgan fingerprint density at radius 1 is 1.32 bits per heavy atom. The second-order valence-corrected chi connectivity index (χ2v) is 4.23. The second kappa shape index (κ2) is 6.04. The van der Waals surface area contributed by atoms with E-state index in [1.807, 2.05) is 12.3 Å². The molecule has 3 N–H and O–H groups in total. The van der Waals surface area contributed by atoms with E-state index in [0.29, 0.717) is 28.2 Å². The van der Waals surface area contributed by atoms with Crippen molar-refractivity contribution in [1.82, 2.24) is 9.97 Å². The van der Waals surface area contributed by atoms with Gasteiger partial charge in [0.25, 0.3) is 0 Å². The van der Waals surface area contributed by atoms with Crippen LogP contribution in [0, 0.1) is 11.3 Å². The lowest BCUT2D eigenvalue weighted by Crippen LogP contribution is -2.09. The average Bonchev–Trinajstić information content (AvgIpc) is 2.47. The molecule has 96 valence electrons. The molecule has 1 heterocycles. The SMILES string of the molecule is CSc1nc(NN)cc(Oc2ccc(C#N)cc2)n1. The van der Waals surface area contributed by atoms with Gasteiger partial charge < -0.3 is 10.2 Å². The van der Waals surface area contributed by atoms with Crippen LogP contribution in [0.4, 0.5) is 5.82 Å². The molecule has 0 saturated carbocycles. The lowest BCUT2D eigenvalue weighted by Gasteiger charge is -2.07. The summed E-state index contributed by atoms with van der Waals surface area (Å²) in [6.45, 7) is 0. The maximum Gasteiger partial charge on any atom is 0.225 e. The number of rotatable bonds is 4. The molecule has 0 atom stereocenters. The maximum absolute atomic E-state index is 8.72. The summed E-state index contributed by atoms with van der Waals surface area (Å²) in [6.07, 6.45) is 1.86. The van der Waals surface area contributed by atoms with E-state index in [0.717, 1.165) is 0 Å². The third-order valence-corrected chi connectivity index (χ3v) is 2.77. The molecule has 0 fully saturated rings. The smallest absolute Gasteiger partial charge is 0.225 e. The van der Waals surface area contributed by atoms with E-state index >= 15 is 0 Å². The number of nitrogen functional groups attached to an aromatic ring is 1. The predicted molar refractivity (Wildman–Crippen MR) is 72.9 cm³/mol. The minimum atomic E-state index is 0.386. The standard InChI is InChI=1S/C12H11N5OS/c1-19-12-15-10(17-14)6-11(16-12)18-9-4-2-8(7-13)3-5-9/h2-6H,14H2,1H3,(H,15,16,17). The van der Waals surface area contributed by atoms with Crippen molar-refractivity contribution in [2.75, 3.05) is 11.7 Å². The second-order valence-electron chi connectivity index (χ2n) is 3.46. The van der Waals surface area contributed by atoms with Gasteiger partial charge in [0.2, 0.25) is 5.88 Å². The summed E-state index contributed by atoms with van der Waals surface area (Å²) in [4.78, 5) is 8.34. The highest BCUT2D eigenvalue weighted by molar-refractivity contribution is 7.98. The van der Waals surface area contributed by atoms with Crippen molar-refractivity contribution in [3.8, 4) is 17.7 Å². The van der Waals surface area contributed by atoms with Crippen molar-refractivity contribution in [2.24, 2.45) is 5.84 Å². The molecule has 0 amide bonds. The number of hydrogen-bond donors (Lipinski definition) is 2. The molecule has 6 nitrogen and oxygen atoms in total. The molecule has 1 aromatic carbocycles. The fraction of sp³-hybridized carbons (Fsp3) is 0.0833. The summed E-state index contributed by atoms with van der Waals surface area (Å²) in [5.74, 6) is 6.78. The Bertz CT molecular complexity index is 586. The molecule has 2 aromatic rings. The van der Waals surface area contributed by atoms with Crippen LogP contribution in [-0.4, -0.2) is 16.2 Å². The zero-order valence-electron chi connectivity index (χ0n) is 10.1. The van der Waals surface area contributed by atoms with E-state index in [9.17, 15) is 0 Å². The lowest BCUT2D eigenvalue weighted by atomic mass is 10.2. The van der Waals surface area contributed by atoms with E-state index in [1.165, 1.54) is 11.8 Å². The van der Waals surface area contributed by atoms with Gasteiger partial charge in [0, 0.05) is 6.07 Å². The number of thioether (sulfide) groups is 1. The molecule has 0 aliphatic heterocycles. The van der Waals surface area contributed by atoms with Crippen molar-refractivity contribution in [1.29, 1.82) is 5.26 Å². The van der Waals surface area contributed by atoms with Crippen LogP contribution < -0.4 is 16.0 Å². The number of nitrogens with one attached hydrogen (secondary N) is 1. The fourth-order valence-electron chi connectivity index (χ4n) is 1.34. The van der Waals surface area contributed by atoms with Gasteiger partial charge in [-0.25, -0.2) is 10.8 Å². The molecule has 7 heteroatoms. The summed E-state index contributed by atoms with van der Waals surface area (Å²) in [5, 5.41) is 9.27. The molecule has 1 aromatic heterocycles. The molecule has 19 heavy (non-hydrogen) atoms. The summed E-state index contributed by atoms with van der Waals surface area (Å²) >= 11 is 1.39. The van der Waals surface area contributed by atoms with Gasteiger partial charge in [-0.1, -0.05) is 11.8 Å². The van der Waals surface area contributed by atoms with E-state index < -0.39 is 0 Å². The molecule has 0 saturated heterocycles. The van der Waals surface area contributed by atoms with Crippen LogP contribution in [0.2, 0.25) is 0 Å². The average molecular weight is 273 g/mol. The molecule has 2 rings (SSSR count). The lowest BCUT2D eigenvalue weighted by molar-refractivity contribution is 0.456. The van der Waals surface area contributed by atoms with Crippen LogP contribution in [0.15, 0.2) is 35.5 Å². The van der Waals surface area contributed by atoms with E-state index in [1.54, 1.807) is 30.3 Å². The van der Waals surface area contributed by atoms with Crippen molar-refractivity contribution < 1.29 is 4.74 Å². The molecule has 0 aliphatic carbocycles. The van der Waals surface area contributed by atoms with Gasteiger partial charge in [-0.3, -0.25) is 0 Å². The van der Waals surface area contributed by atoms with Gasteiger partial charge in [-0.2, -0.15) is 10.2 Å². The third-order valence-electron chi connectivity index (χ3n) is 2.22. The van der Waals surface area contributed by atoms with Crippen LogP contribution in [0.25, 0.3) is 0 Å². The van der Waals surface area contributed by atoms with Crippen LogP contribution in [0.5, 0.6) is 11.6 Å². The van der Waals surface area contributed by atoms with E-state index in [2.05, 4.69) is 15.4 Å². The van der Waals surface area contributed by atoms with Gasteiger partial charge in [0.15, 0.2) is 5.16 Å². The largest absolute Gasteiger partial charge is 0.439 e. The Labute approximate surface area is 114 Å². The zero-order valence-corrected chi connectivity index (χ0v) is 10.9. The first-order chi connectivity index (χ1) is 9.25. The van der Waals surface area contributed by atoms with Crippen molar-refractivity contribution in [2.45, 2.75) is 5.16 Å². The molecule has 0 spiro atoms. The highest BCUT2D eigenvalue weighted by atomic mass is 32.2. The Kier molecular flexibility index (Phi) is 4.18. The summed E-state index contributed by atoms with van der Waals surface area (Å²) < 4.78 is 5.59. The summed E-state index contributed by atoms with van der Waals surface area (Å²) in [7, 11) is 0.